The van der Waals surface area contributed by atoms with Crippen molar-refractivity contribution in [1.82, 2.24) is 0 Å². The van der Waals surface area contributed by atoms with Crippen LogP contribution in [0, 0.1) is 38.0 Å². The Labute approximate surface area is 243 Å². The number of non-ortho nitro benzene ring substituents is 2. The Kier molecular flexibility index (Phi) is 6.41. The van der Waals surface area contributed by atoms with E-state index in [9.17, 15) is 20.2 Å². The van der Waals surface area contributed by atoms with Crippen molar-refractivity contribution >= 4 is 28.4 Å². The summed E-state index contributed by atoms with van der Waals surface area (Å²) < 4.78 is 6.21. The SMILES string of the molecule is O=[N+]([O-])c1ccc(N(c2ccc(Oc3ccc(C45CC6CC(CC(C6)C4)C5)cc3)cc2)c2ccc([N+](=O)[O-])cc2)cc1. The van der Waals surface area contributed by atoms with E-state index in [1.807, 2.05) is 29.2 Å². The van der Waals surface area contributed by atoms with Gasteiger partial charge in [0.15, 0.2) is 0 Å². The third-order valence-electron chi connectivity index (χ3n) is 9.47. The van der Waals surface area contributed by atoms with Crippen LogP contribution in [-0.2, 0) is 5.41 Å². The van der Waals surface area contributed by atoms with Gasteiger partial charge in [-0.15, -0.1) is 0 Å². The molecule has 0 unspecified atom stereocenters. The summed E-state index contributed by atoms with van der Waals surface area (Å²) in [7, 11) is 0. The van der Waals surface area contributed by atoms with Crippen LogP contribution in [0.2, 0.25) is 0 Å². The van der Waals surface area contributed by atoms with Crippen molar-refractivity contribution < 1.29 is 14.6 Å². The number of ether oxygens (including phenoxy) is 1. The molecule has 0 spiro atoms. The highest BCUT2D eigenvalue weighted by molar-refractivity contribution is 5.77. The minimum atomic E-state index is -0.443. The van der Waals surface area contributed by atoms with E-state index in [0.717, 1.165) is 29.2 Å². The van der Waals surface area contributed by atoms with Gasteiger partial charge in [-0.2, -0.15) is 0 Å². The lowest BCUT2D eigenvalue weighted by molar-refractivity contribution is -0.385. The van der Waals surface area contributed by atoms with E-state index in [4.69, 9.17) is 4.74 Å². The fraction of sp³-hybridized carbons (Fsp3) is 0.294. The van der Waals surface area contributed by atoms with E-state index < -0.39 is 9.85 Å². The fourth-order valence-electron chi connectivity index (χ4n) is 8.03. The van der Waals surface area contributed by atoms with Gasteiger partial charge in [-0.05, 0) is 128 Å². The first-order valence-corrected chi connectivity index (χ1v) is 14.5. The van der Waals surface area contributed by atoms with Gasteiger partial charge in [0, 0.05) is 41.3 Å². The monoisotopic (exact) mass is 561 g/mol. The van der Waals surface area contributed by atoms with Crippen molar-refractivity contribution in [3.8, 4) is 11.5 Å². The summed E-state index contributed by atoms with van der Waals surface area (Å²) in [4.78, 5) is 23.4. The maximum atomic E-state index is 11.2. The molecule has 0 aromatic heterocycles. The molecule has 4 aliphatic carbocycles. The summed E-state index contributed by atoms with van der Waals surface area (Å²) in [5.41, 5.74) is 3.94. The summed E-state index contributed by atoms with van der Waals surface area (Å²) in [6, 6.07) is 28.7. The standard InChI is InChI=1S/C34H31N3O5/c38-36(39)30-7-3-27(4-8-30)35(28-5-9-31(10-6-28)37(40)41)29-11-15-33(16-12-29)42-32-13-1-26(2-14-32)34-20-23-17-24(21-34)19-25(18-23)22-34/h1-16,23-25H,17-22H2. The molecule has 4 aromatic carbocycles. The number of hydrogen-bond donors (Lipinski definition) is 0. The molecule has 4 aromatic rings. The largest absolute Gasteiger partial charge is 0.457 e. The summed E-state index contributed by atoms with van der Waals surface area (Å²) >= 11 is 0. The molecule has 8 rings (SSSR count). The highest BCUT2D eigenvalue weighted by Crippen LogP contribution is 2.60. The zero-order valence-corrected chi connectivity index (χ0v) is 23.1. The van der Waals surface area contributed by atoms with E-state index in [0.29, 0.717) is 22.5 Å². The Bertz CT molecular complexity index is 1520. The predicted octanol–water partition coefficient (Wildman–Crippen LogP) is 9.23. The summed E-state index contributed by atoms with van der Waals surface area (Å²) in [6.45, 7) is 0. The molecule has 8 nitrogen and oxygen atoms in total. The quantitative estimate of drug-likeness (QED) is 0.157. The van der Waals surface area contributed by atoms with E-state index in [1.165, 1.54) is 68.4 Å². The number of nitro benzene ring substituents is 2. The molecule has 212 valence electrons. The number of benzene rings is 4. The Hall–Kier alpha value is -4.72. The molecule has 42 heavy (non-hydrogen) atoms. The van der Waals surface area contributed by atoms with Crippen molar-refractivity contribution in [1.29, 1.82) is 0 Å². The second-order valence-corrected chi connectivity index (χ2v) is 12.2. The minimum Gasteiger partial charge on any atom is -0.457 e. The molecule has 0 radical (unpaired) electrons. The van der Waals surface area contributed by atoms with Crippen LogP contribution in [0.3, 0.4) is 0 Å². The van der Waals surface area contributed by atoms with E-state index in [2.05, 4.69) is 24.3 Å². The fourth-order valence-corrected chi connectivity index (χ4v) is 8.03. The lowest BCUT2D eigenvalue weighted by atomic mass is 9.48. The predicted molar refractivity (Wildman–Crippen MR) is 161 cm³/mol. The molecule has 0 atom stereocenters. The third-order valence-corrected chi connectivity index (χ3v) is 9.47. The number of anilines is 3. The molecule has 0 N–H and O–H groups in total. The number of hydrogen-bond acceptors (Lipinski definition) is 6. The van der Waals surface area contributed by atoms with E-state index in [-0.39, 0.29) is 11.4 Å². The van der Waals surface area contributed by atoms with Crippen molar-refractivity contribution in [3.63, 3.8) is 0 Å². The molecule has 0 aliphatic heterocycles. The maximum Gasteiger partial charge on any atom is 0.269 e. The van der Waals surface area contributed by atoms with Crippen LogP contribution in [0.15, 0.2) is 97.1 Å². The molecule has 0 amide bonds. The van der Waals surface area contributed by atoms with Crippen LogP contribution in [0.1, 0.15) is 44.1 Å². The average molecular weight is 562 g/mol. The van der Waals surface area contributed by atoms with Gasteiger partial charge in [-0.25, -0.2) is 0 Å². The molecule has 8 heteroatoms. The zero-order chi connectivity index (χ0) is 28.8. The van der Waals surface area contributed by atoms with Gasteiger partial charge < -0.3 is 9.64 Å². The van der Waals surface area contributed by atoms with Gasteiger partial charge in [-0.3, -0.25) is 20.2 Å². The molecule has 0 saturated heterocycles. The maximum absolute atomic E-state index is 11.2. The van der Waals surface area contributed by atoms with Crippen molar-refractivity contribution in [3.05, 3.63) is 123 Å². The second kappa shape index (κ2) is 10.3. The van der Waals surface area contributed by atoms with Gasteiger partial charge in [0.05, 0.1) is 9.85 Å². The van der Waals surface area contributed by atoms with Gasteiger partial charge >= 0.3 is 0 Å². The first-order chi connectivity index (χ1) is 20.3. The zero-order valence-electron chi connectivity index (χ0n) is 23.1. The van der Waals surface area contributed by atoms with Crippen LogP contribution in [-0.4, -0.2) is 9.85 Å². The first kappa shape index (κ1) is 26.2. The molecule has 4 bridgehead atoms. The summed E-state index contributed by atoms with van der Waals surface area (Å²) in [6.07, 6.45) is 8.30. The Balaban J connectivity index is 1.12. The normalized spacial score (nSPS) is 23.9. The smallest absolute Gasteiger partial charge is 0.269 e. The Morgan fingerprint density at radius 3 is 1.31 bits per heavy atom. The second-order valence-electron chi connectivity index (χ2n) is 12.2. The Morgan fingerprint density at radius 1 is 0.571 bits per heavy atom. The van der Waals surface area contributed by atoms with E-state index >= 15 is 0 Å². The van der Waals surface area contributed by atoms with Crippen LogP contribution in [0.4, 0.5) is 28.4 Å². The summed E-state index contributed by atoms with van der Waals surface area (Å²) in [5, 5.41) is 22.4. The number of nitro groups is 2. The first-order valence-electron chi connectivity index (χ1n) is 14.5. The van der Waals surface area contributed by atoms with Gasteiger partial charge in [0.2, 0.25) is 0 Å². The highest BCUT2D eigenvalue weighted by Gasteiger charge is 2.51. The topological polar surface area (TPSA) is 98.8 Å². The highest BCUT2D eigenvalue weighted by atomic mass is 16.6. The van der Waals surface area contributed by atoms with Crippen molar-refractivity contribution in [2.45, 2.75) is 43.9 Å². The molecular formula is C34H31N3O5. The number of nitrogens with zero attached hydrogens (tertiary/aromatic N) is 3. The number of rotatable bonds is 8. The van der Waals surface area contributed by atoms with E-state index in [1.54, 1.807) is 24.3 Å². The van der Waals surface area contributed by atoms with Crippen LogP contribution < -0.4 is 9.64 Å². The molecular weight excluding hydrogens is 530 g/mol. The van der Waals surface area contributed by atoms with Gasteiger partial charge in [-0.1, -0.05) is 12.1 Å². The van der Waals surface area contributed by atoms with Crippen molar-refractivity contribution in [2.24, 2.45) is 17.8 Å². The summed E-state index contributed by atoms with van der Waals surface area (Å²) in [5.74, 6) is 4.19. The van der Waals surface area contributed by atoms with Gasteiger partial charge in [0.1, 0.15) is 11.5 Å². The Morgan fingerprint density at radius 2 is 0.929 bits per heavy atom. The molecule has 4 fully saturated rings. The lowest BCUT2D eigenvalue weighted by Crippen LogP contribution is -2.48. The van der Waals surface area contributed by atoms with Crippen LogP contribution in [0.5, 0.6) is 11.5 Å². The average Bonchev–Trinajstić information content (AvgIpc) is 2.98. The van der Waals surface area contributed by atoms with Crippen LogP contribution >= 0.6 is 0 Å². The lowest BCUT2D eigenvalue weighted by Gasteiger charge is -2.57. The molecule has 0 heterocycles. The third kappa shape index (κ3) is 4.87. The van der Waals surface area contributed by atoms with Gasteiger partial charge in [0.25, 0.3) is 11.4 Å². The van der Waals surface area contributed by atoms with Crippen molar-refractivity contribution in [2.75, 3.05) is 4.90 Å². The minimum absolute atomic E-state index is 0.0136. The van der Waals surface area contributed by atoms with Crippen LogP contribution in [0.25, 0.3) is 0 Å². The molecule has 4 saturated carbocycles. The molecule has 4 aliphatic rings.